The Bertz CT molecular complexity index is 1250. The van der Waals surface area contributed by atoms with Crippen molar-refractivity contribution >= 4 is 35.0 Å². The molecule has 0 radical (unpaired) electrons. The Morgan fingerprint density at radius 3 is 2.47 bits per heavy atom. The number of piperazine rings is 1. The number of hydrogen-bond acceptors (Lipinski definition) is 4. The van der Waals surface area contributed by atoms with Crippen LogP contribution in [0.15, 0.2) is 72.8 Å². The molecule has 2 heterocycles. The highest BCUT2D eigenvalue weighted by Gasteiger charge is 2.40. The van der Waals surface area contributed by atoms with Crippen LogP contribution in [-0.4, -0.2) is 59.8 Å². The topological polar surface area (TPSA) is 79.0 Å². The van der Waals surface area contributed by atoms with Crippen molar-refractivity contribution in [3.8, 4) is 16.9 Å². The molecular weight excluding hydrogens is 454 g/mol. The molecule has 1 saturated heterocycles. The lowest BCUT2D eigenvalue weighted by molar-refractivity contribution is -0.137. The number of para-hydroxylation sites is 1. The van der Waals surface area contributed by atoms with Crippen LogP contribution in [0.2, 0.25) is 5.02 Å². The summed E-state index contributed by atoms with van der Waals surface area (Å²) in [7, 11) is 0. The monoisotopic (exact) mass is 475 g/mol. The summed E-state index contributed by atoms with van der Waals surface area (Å²) in [5, 5.41) is 3.50. The fraction of sp³-hybridized carbons (Fsp3) is 0.192. The van der Waals surface area contributed by atoms with Crippen molar-refractivity contribution in [2.24, 2.45) is 0 Å². The van der Waals surface area contributed by atoms with Gasteiger partial charge in [-0.15, -0.1) is 0 Å². The van der Waals surface area contributed by atoms with Gasteiger partial charge in [0.05, 0.1) is 17.8 Å². The molecule has 0 spiro atoms. The van der Waals surface area contributed by atoms with Crippen LogP contribution in [0, 0.1) is 0 Å². The number of amides is 3. The minimum absolute atomic E-state index is 0.118. The van der Waals surface area contributed by atoms with E-state index in [-0.39, 0.29) is 37.4 Å². The zero-order valence-corrected chi connectivity index (χ0v) is 19.0. The Morgan fingerprint density at radius 1 is 0.971 bits per heavy atom. The molecule has 34 heavy (non-hydrogen) atoms. The third-order valence-corrected chi connectivity index (χ3v) is 6.34. The average Bonchev–Trinajstić information content (AvgIpc) is 2.97. The van der Waals surface area contributed by atoms with E-state index in [1.165, 1.54) is 0 Å². The zero-order valence-electron chi connectivity index (χ0n) is 18.2. The van der Waals surface area contributed by atoms with E-state index in [1.54, 1.807) is 46.2 Å². The first kappa shape index (κ1) is 22.0. The molecule has 2 aliphatic rings. The maximum absolute atomic E-state index is 13.4. The van der Waals surface area contributed by atoms with Crippen molar-refractivity contribution in [3.63, 3.8) is 0 Å². The van der Waals surface area contributed by atoms with Gasteiger partial charge in [-0.2, -0.15) is 0 Å². The first-order chi connectivity index (χ1) is 16.5. The normalized spacial score (nSPS) is 17.4. The van der Waals surface area contributed by atoms with E-state index < -0.39 is 6.04 Å². The summed E-state index contributed by atoms with van der Waals surface area (Å²) in [4.78, 5) is 42.3. The number of benzene rings is 3. The van der Waals surface area contributed by atoms with E-state index in [9.17, 15) is 14.4 Å². The second-order valence-electron chi connectivity index (χ2n) is 8.21. The number of hydrogen-bond donors (Lipinski definition) is 1. The van der Waals surface area contributed by atoms with Gasteiger partial charge in [0.1, 0.15) is 11.8 Å². The SMILES string of the molecule is O=C1Nc2ccc(-c3ccc(Cl)cc3)cc2C(=O)N2CCN(C(=O)COc3ccccc3)C[C@H]12. The van der Waals surface area contributed by atoms with Gasteiger partial charge in [-0.05, 0) is 47.5 Å². The number of nitrogens with zero attached hydrogens (tertiary/aromatic N) is 2. The fourth-order valence-electron chi connectivity index (χ4n) is 4.25. The van der Waals surface area contributed by atoms with Crippen LogP contribution in [-0.2, 0) is 9.59 Å². The number of anilines is 1. The molecule has 3 aromatic rings. The minimum Gasteiger partial charge on any atom is -0.484 e. The summed E-state index contributed by atoms with van der Waals surface area (Å²) in [5.74, 6) is -0.172. The maximum Gasteiger partial charge on any atom is 0.260 e. The van der Waals surface area contributed by atoms with Crippen LogP contribution in [0.4, 0.5) is 5.69 Å². The number of ether oxygens (including phenoxy) is 1. The van der Waals surface area contributed by atoms with E-state index in [2.05, 4.69) is 5.32 Å². The minimum atomic E-state index is -0.770. The van der Waals surface area contributed by atoms with Gasteiger partial charge in [0.15, 0.2) is 6.61 Å². The predicted octanol–water partition coefficient (Wildman–Crippen LogP) is 3.69. The molecule has 0 saturated carbocycles. The van der Waals surface area contributed by atoms with E-state index in [0.29, 0.717) is 28.6 Å². The summed E-state index contributed by atoms with van der Waals surface area (Å²) >= 11 is 5.99. The molecule has 8 heteroatoms. The first-order valence-corrected chi connectivity index (χ1v) is 11.3. The quantitative estimate of drug-likeness (QED) is 0.624. The number of fused-ring (bicyclic) bond motifs is 2. The third-order valence-electron chi connectivity index (χ3n) is 6.09. The Labute approximate surface area is 201 Å². The standard InChI is InChI=1S/C26H22ClN3O4/c27-19-9-6-17(7-10-19)18-8-11-22-21(14-18)26(33)30-13-12-29(15-23(30)25(32)28-22)24(31)16-34-20-4-2-1-3-5-20/h1-11,14,23H,12-13,15-16H2,(H,28,32)/t23-/m1/s1. The highest BCUT2D eigenvalue weighted by molar-refractivity contribution is 6.30. The second kappa shape index (κ2) is 9.19. The highest BCUT2D eigenvalue weighted by Crippen LogP contribution is 2.30. The van der Waals surface area contributed by atoms with E-state index in [1.807, 2.05) is 36.4 Å². The fourth-order valence-corrected chi connectivity index (χ4v) is 4.38. The molecule has 1 atom stereocenters. The van der Waals surface area contributed by atoms with Crippen molar-refractivity contribution in [2.45, 2.75) is 6.04 Å². The average molecular weight is 476 g/mol. The molecule has 2 aliphatic heterocycles. The molecule has 7 nitrogen and oxygen atoms in total. The molecule has 3 amide bonds. The molecule has 1 N–H and O–H groups in total. The van der Waals surface area contributed by atoms with Crippen molar-refractivity contribution in [2.75, 3.05) is 31.6 Å². The summed E-state index contributed by atoms with van der Waals surface area (Å²) < 4.78 is 5.56. The molecule has 5 rings (SSSR count). The number of halogens is 1. The Hall–Kier alpha value is -3.84. The number of nitrogens with one attached hydrogen (secondary N) is 1. The van der Waals surface area contributed by atoms with Gasteiger partial charge < -0.3 is 19.9 Å². The zero-order chi connectivity index (χ0) is 23.7. The Morgan fingerprint density at radius 2 is 1.71 bits per heavy atom. The Kier molecular flexibility index (Phi) is 5.94. The number of carbonyl (C=O) groups is 3. The predicted molar refractivity (Wildman–Crippen MR) is 129 cm³/mol. The third kappa shape index (κ3) is 4.34. The molecular formula is C26H22ClN3O4. The molecule has 3 aromatic carbocycles. The lowest BCUT2D eigenvalue weighted by atomic mass is 10.0. The summed E-state index contributed by atoms with van der Waals surface area (Å²) in [6.45, 7) is 0.584. The van der Waals surface area contributed by atoms with E-state index in [4.69, 9.17) is 16.3 Å². The van der Waals surface area contributed by atoms with Crippen molar-refractivity contribution < 1.29 is 19.1 Å². The summed E-state index contributed by atoms with van der Waals surface area (Å²) in [6.07, 6.45) is 0. The lowest BCUT2D eigenvalue weighted by Crippen LogP contribution is -2.60. The van der Waals surface area contributed by atoms with Crippen LogP contribution in [0.3, 0.4) is 0 Å². The van der Waals surface area contributed by atoms with Crippen molar-refractivity contribution in [1.82, 2.24) is 9.80 Å². The van der Waals surface area contributed by atoms with E-state index in [0.717, 1.165) is 11.1 Å². The number of carbonyl (C=O) groups excluding carboxylic acids is 3. The summed E-state index contributed by atoms with van der Waals surface area (Å²) in [6, 6.07) is 21.0. The molecule has 0 bridgehead atoms. The molecule has 1 fully saturated rings. The smallest absolute Gasteiger partial charge is 0.260 e. The molecule has 0 unspecified atom stereocenters. The van der Waals surface area contributed by atoms with Crippen LogP contribution < -0.4 is 10.1 Å². The van der Waals surface area contributed by atoms with Gasteiger partial charge in [-0.25, -0.2) is 0 Å². The van der Waals surface area contributed by atoms with Gasteiger partial charge >= 0.3 is 0 Å². The van der Waals surface area contributed by atoms with Crippen molar-refractivity contribution in [1.29, 1.82) is 0 Å². The van der Waals surface area contributed by atoms with Gasteiger partial charge in [0.2, 0.25) is 5.91 Å². The molecule has 0 aliphatic carbocycles. The van der Waals surface area contributed by atoms with Gasteiger partial charge in [-0.3, -0.25) is 14.4 Å². The molecule has 0 aromatic heterocycles. The second-order valence-corrected chi connectivity index (χ2v) is 8.65. The van der Waals surface area contributed by atoms with Crippen LogP contribution in [0.25, 0.3) is 11.1 Å². The van der Waals surface area contributed by atoms with Gasteiger partial charge in [-0.1, -0.05) is 48.0 Å². The largest absolute Gasteiger partial charge is 0.484 e. The van der Waals surface area contributed by atoms with Gasteiger partial charge in [0.25, 0.3) is 11.8 Å². The molecule has 172 valence electrons. The van der Waals surface area contributed by atoms with Crippen LogP contribution in [0.1, 0.15) is 10.4 Å². The highest BCUT2D eigenvalue weighted by atomic mass is 35.5. The number of rotatable bonds is 4. The van der Waals surface area contributed by atoms with Gasteiger partial charge in [0, 0.05) is 18.1 Å². The van der Waals surface area contributed by atoms with Crippen LogP contribution in [0.5, 0.6) is 5.75 Å². The summed E-state index contributed by atoms with van der Waals surface area (Å²) in [5.41, 5.74) is 2.66. The van der Waals surface area contributed by atoms with Crippen LogP contribution >= 0.6 is 11.6 Å². The first-order valence-electron chi connectivity index (χ1n) is 11.0. The van der Waals surface area contributed by atoms with E-state index >= 15 is 0 Å². The van der Waals surface area contributed by atoms with Crippen molar-refractivity contribution in [3.05, 3.63) is 83.4 Å². The maximum atomic E-state index is 13.4. The Balaban J connectivity index is 1.33. The lowest BCUT2D eigenvalue weighted by Gasteiger charge is -2.39.